The molecule has 3 rings (SSSR count). The van der Waals surface area contributed by atoms with Crippen molar-refractivity contribution in [3.05, 3.63) is 52.0 Å². The molecule has 1 aliphatic rings. The standard InChI is InChI=1S/C15H18N2S/c1-11(13-5-2-3-9-16-13)17-14-6-4-7-15-12(14)8-10-18-15/h2-3,5,8-11,14,17H,4,6-7H2,1H3. The maximum atomic E-state index is 4.43. The first kappa shape index (κ1) is 11.9. The monoisotopic (exact) mass is 258 g/mol. The van der Waals surface area contributed by atoms with Gasteiger partial charge in [0.05, 0.1) is 5.69 Å². The number of nitrogens with zero attached hydrogens (tertiary/aromatic N) is 1. The second kappa shape index (κ2) is 5.21. The molecule has 0 amide bonds. The van der Waals surface area contributed by atoms with Gasteiger partial charge in [-0.25, -0.2) is 0 Å². The summed E-state index contributed by atoms with van der Waals surface area (Å²) in [6, 6.07) is 9.20. The van der Waals surface area contributed by atoms with Gasteiger partial charge in [-0.3, -0.25) is 4.98 Å². The van der Waals surface area contributed by atoms with Crippen LogP contribution < -0.4 is 5.32 Å². The fourth-order valence-electron chi connectivity index (χ4n) is 2.68. The van der Waals surface area contributed by atoms with Crippen LogP contribution in [0.15, 0.2) is 35.8 Å². The minimum Gasteiger partial charge on any atom is -0.302 e. The van der Waals surface area contributed by atoms with Crippen LogP contribution in [0.1, 0.15) is 48.0 Å². The molecule has 2 atom stereocenters. The van der Waals surface area contributed by atoms with Crippen LogP contribution >= 0.6 is 11.3 Å². The first-order valence-corrected chi connectivity index (χ1v) is 7.46. The highest BCUT2D eigenvalue weighted by molar-refractivity contribution is 7.10. The van der Waals surface area contributed by atoms with Crippen molar-refractivity contribution >= 4 is 11.3 Å². The van der Waals surface area contributed by atoms with Crippen LogP contribution in [0.2, 0.25) is 0 Å². The van der Waals surface area contributed by atoms with Gasteiger partial charge in [-0.2, -0.15) is 0 Å². The Morgan fingerprint density at radius 2 is 2.33 bits per heavy atom. The van der Waals surface area contributed by atoms with Crippen molar-refractivity contribution in [1.29, 1.82) is 0 Å². The Morgan fingerprint density at radius 1 is 1.39 bits per heavy atom. The lowest BCUT2D eigenvalue weighted by Gasteiger charge is -2.27. The molecule has 2 heterocycles. The Labute approximate surface area is 112 Å². The van der Waals surface area contributed by atoms with Crippen LogP contribution in [0.25, 0.3) is 0 Å². The maximum Gasteiger partial charge on any atom is 0.0570 e. The normalized spacial score (nSPS) is 20.4. The number of fused-ring (bicyclic) bond motifs is 1. The molecule has 0 spiro atoms. The summed E-state index contributed by atoms with van der Waals surface area (Å²) in [5.74, 6) is 0. The molecule has 2 aromatic heterocycles. The second-order valence-corrected chi connectivity index (χ2v) is 5.89. The topological polar surface area (TPSA) is 24.9 Å². The summed E-state index contributed by atoms with van der Waals surface area (Å²) in [4.78, 5) is 5.99. The quantitative estimate of drug-likeness (QED) is 0.904. The van der Waals surface area contributed by atoms with Crippen LogP contribution in [0.4, 0.5) is 0 Å². The molecule has 0 aliphatic heterocycles. The fourth-order valence-corrected chi connectivity index (χ4v) is 3.67. The Kier molecular flexibility index (Phi) is 3.43. The van der Waals surface area contributed by atoms with Crippen molar-refractivity contribution in [2.75, 3.05) is 0 Å². The van der Waals surface area contributed by atoms with Crippen molar-refractivity contribution in [2.24, 2.45) is 0 Å². The van der Waals surface area contributed by atoms with Gasteiger partial charge in [0.15, 0.2) is 0 Å². The summed E-state index contributed by atoms with van der Waals surface area (Å²) < 4.78 is 0. The van der Waals surface area contributed by atoms with Crippen molar-refractivity contribution in [3.8, 4) is 0 Å². The van der Waals surface area contributed by atoms with Gasteiger partial charge in [-0.05, 0) is 55.3 Å². The molecular formula is C15H18N2S. The van der Waals surface area contributed by atoms with Crippen LogP contribution in [0.5, 0.6) is 0 Å². The van der Waals surface area contributed by atoms with Crippen molar-refractivity contribution in [1.82, 2.24) is 10.3 Å². The summed E-state index contributed by atoms with van der Waals surface area (Å²) >= 11 is 1.90. The lowest BCUT2D eigenvalue weighted by Crippen LogP contribution is -2.27. The van der Waals surface area contributed by atoms with Crippen LogP contribution in [-0.2, 0) is 6.42 Å². The highest BCUT2D eigenvalue weighted by Gasteiger charge is 2.22. The molecular weight excluding hydrogens is 240 g/mol. The summed E-state index contributed by atoms with van der Waals surface area (Å²) in [5, 5.41) is 5.94. The average Bonchev–Trinajstić information content (AvgIpc) is 2.89. The zero-order valence-corrected chi connectivity index (χ0v) is 11.4. The van der Waals surface area contributed by atoms with E-state index < -0.39 is 0 Å². The highest BCUT2D eigenvalue weighted by atomic mass is 32.1. The number of hydrogen-bond acceptors (Lipinski definition) is 3. The molecule has 0 radical (unpaired) electrons. The number of aryl methyl sites for hydroxylation is 1. The lowest BCUT2D eigenvalue weighted by molar-refractivity contribution is 0.414. The molecule has 2 nitrogen and oxygen atoms in total. The van der Waals surface area contributed by atoms with Gasteiger partial charge in [0.2, 0.25) is 0 Å². The first-order valence-electron chi connectivity index (χ1n) is 6.58. The Bertz CT molecular complexity index is 506. The van der Waals surface area contributed by atoms with E-state index in [0.717, 1.165) is 5.69 Å². The van der Waals surface area contributed by atoms with E-state index in [0.29, 0.717) is 12.1 Å². The molecule has 94 valence electrons. The molecule has 0 aromatic carbocycles. The van der Waals surface area contributed by atoms with Gasteiger partial charge in [0.25, 0.3) is 0 Å². The van der Waals surface area contributed by atoms with Gasteiger partial charge in [0, 0.05) is 23.2 Å². The number of aromatic nitrogens is 1. The SMILES string of the molecule is CC(NC1CCCc2sccc21)c1ccccn1. The zero-order chi connectivity index (χ0) is 12.4. The predicted molar refractivity (Wildman–Crippen MR) is 75.8 cm³/mol. The number of nitrogens with one attached hydrogen (secondary N) is 1. The van der Waals surface area contributed by atoms with E-state index in [2.05, 4.69) is 40.8 Å². The number of pyridine rings is 1. The molecule has 2 unspecified atom stereocenters. The third-order valence-corrected chi connectivity index (χ3v) is 4.63. The minimum atomic E-state index is 0.307. The third kappa shape index (κ3) is 2.33. The van der Waals surface area contributed by atoms with Crippen molar-refractivity contribution in [3.63, 3.8) is 0 Å². The molecule has 0 bridgehead atoms. The molecule has 18 heavy (non-hydrogen) atoms. The number of thiophene rings is 1. The van der Waals surface area contributed by atoms with E-state index in [1.165, 1.54) is 24.8 Å². The van der Waals surface area contributed by atoms with Crippen molar-refractivity contribution < 1.29 is 0 Å². The molecule has 0 fully saturated rings. The van der Waals surface area contributed by atoms with Gasteiger partial charge < -0.3 is 5.32 Å². The number of hydrogen-bond donors (Lipinski definition) is 1. The smallest absolute Gasteiger partial charge is 0.0570 e. The van der Waals surface area contributed by atoms with Gasteiger partial charge in [-0.15, -0.1) is 11.3 Å². The largest absolute Gasteiger partial charge is 0.302 e. The van der Waals surface area contributed by atoms with E-state index in [9.17, 15) is 0 Å². The first-order chi connectivity index (χ1) is 8.84. The number of rotatable bonds is 3. The van der Waals surface area contributed by atoms with Gasteiger partial charge in [0.1, 0.15) is 0 Å². The van der Waals surface area contributed by atoms with E-state index in [1.807, 2.05) is 23.6 Å². The van der Waals surface area contributed by atoms with Gasteiger partial charge >= 0.3 is 0 Å². The predicted octanol–water partition coefficient (Wildman–Crippen LogP) is 3.87. The van der Waals surface area contributed by atoms with E-state index in [4.69, 9.17) is 0 Å². The zero-order valence-electron chi connectivity index (χ0n) is 10.6. The fraction of sp³-hybridized carbons (Fsp3) is 0.400. The van der Waals surface area contributed by atoms with Crippen molar-refractivity contribution in [2.45, 2.75) is 38.3 Å². The lowest BCUT2D eigenvalue weighted by atomic mass is 9.93. The molecule has 0 saturated carbocycles. The summed E-state index contributed by atoms with van der Waals surface area (Å²) in [5.41, 5.74) is 2.63. The molecule has 3 heteroatoms. The summed E-state index contributed by atoms with van der Waals surface area (Å²) in [6.07, 6.45) is 5.65. The minimum absolute atomic E-state index is 0.307. The van der Waals surface area contributed by atoms with Crippen LogP contribution in [0, 0.1) is 0 Å². The van der Waals surface area contributed by atoms with E-state index in [-0.39, 0.29) is 0 Å². The van der Waals surface area contributed by atoms with E-state index in [1.54, 1.807) is 4.88 Å². The molecule has 1 N–H and O–H groups in total. The summed E-state index contributed by atoms with van der Waals surface area (Å²) in [7, 11) is 0. The maximum absolute atomic E-state index is 4.43. The molecule has 2 aromatic rings. The van der Waals surface area contributed by atoms with Crippen LogP contribution in [-0.4, -0.2) is 4.98 Å². The highest BCUT2D eigenvalue weighted by Crippen LogP contribution is 2.34. The van der Waals surface area contributed by atoms with E-state index >= 15 is 0 Å². The Hall–Kier alpha value is -1.19. The third-order valence-electron chi connectivity index (χ3n) is 3.63. The van der Waals surface area contributed by atoms with Crippen LogP contribution in [0.3, 0.4) is 0 Å². The molecule has 0 saturated heterocycles. The Balaban J connectivity index is 1.75. The second-order valence-electron chi connectivity index (χ2n) is 4.89. The summed E-state index contributed by atoms with van der Waals surface area (Å²) in [6.45, 7) is 2.20. The Morgan fingerprint density at radius 3 is 3.17 bits per heavy atom. The van der Waals surface area contributed by atoms with Gasteiger partial charge in [-0.1, -0.05) is 6.07 Å². The molecule has 1 aliphatic carbocycles. The average molecular weight is 258 g/mol.